The summed E-state index contributed by atoms with van der Waals surface area (Å²) in [7, 11) is -3.39. The highest BCUT2D eigenvalue weighted by molar-refractivity contribution is 7.53. The average Bonchev–Trinajstić information content (AvgIpc) is 3.18. The Morgan fingerprint density at radius 3 is 2.78 bits per heavy atom. The van der Waals surface area contributed by atoms with Crippen molar-refractivity contribution in [2.45, 2.75) is 52.5 Å². The highest BCUT2D eigenvalue weighted by Crippen LogP contribution is 2.51. The van der Waals surface area contributed by atoms with Crippen molar-refractivity contribution >= 4 is 30.5 Å². The van der Waals surface area contributed by atoms with Crippen molar-refractivity contribution in [1.82, 2.24) is 19.5 Å². The van der Waals surface area contributed by atoms with E-state index in [1.54, 1.807) is 17.8 Å². The molecule has 13 heteroatoms. The first-order chi connectivity index (χ1) is 15.3. The Morgan fingerprint density at radius 1 is 1.34 bits per heavy atom. The Labute approximate surface area is 186 Å². The van der Waals surface area contributed by atoms with Crippen molar-refractivity contribution in [3.05, 3.63) is 12.7 Å². The molecular weight excluding hydrogens is 441 g/mol. The van der Waals surface area contributed by atoms with E-state index in [-0.39, 0.29) is 44.0 Å². The van der Waals surface area contributed by atoms with Crippen LogP contribution in [0, 0.1) is 5.92 Å². The smallest absolute Gasteiger partial charge is 0.356 e. The first kappa shape index (κ1) is 24.5. The molecular formula is C19H30N5O7P. The fourth-order valence-corrected chi connectivity index (χ4v) is 4.64. The standard InChI is InChI=1S/C19H30N5O7P/c1-4-15(25)23-18-17-19(21-10-20-18)24(11-22-17)7-13(3)29-12-32(27)30-8-14(9-31-32)6-16(26)28-5-2/h10-11,13-15,25H,4-9,12H2,1-3H3,(H,20,21,23)/t13-,14?,15?,32?/m1/s1. The van der Waals surface area contributed by atoms with Gasteiger partial charge in [0.2, 0.25) is 0 Å². The van der Waals surface area contributed by atoms with Crippen LogP contribution in [-0.2, 0) is 34.4 Å². The zero-order chi connectivity index (χ0) is 23.1. The van der Waals surface area contributed by atoms with Crippen LogP contribution in [0.5, 0.6) is 0 Å². The average molecular weight is 471 g/mol. The molecule has 12 nitrogen and oxygen atoms in total. The largest absolute Gasteiger partial charge is 0.466 e. The van der Waals surface area contributed by atoms with E-state index in [1.807, 2.05) is 13.8 Å². The molecule has 0 aliphatic carbocycles. The maximum Gasteiger partial charge on any atom is 0.356 e. The predicted octanol–water partition coefficient (Wildman–Crippen LogP) is 2.14. The number of aromatic nitrogens is 4. The van der Waals surface area contributed by atoms with E-state index in [2.05, 4.69) is 20.3 Å². The summed E-state index contributed by atoms with van der Waals surface area (Å²) in [6.45, 7) is 6.42. The molecule has 1 saturated heterocycles. The van der Waals surface area contributed by atoms with Crippen LogP contribution >= 0.6 is 7.60 Å². The van der Waals surface area contributed by atoms with Gasteiger partial charge in [0, 0.05) is 5.92 Å². The molecule has 32 heavy (non-hydrogen) atoms. The second kappa shape index (κ2) is 11.2. The van der Waals surface area contributed by atoms with Crippen LogP contribution < -0.4 is 5.32 Å². The van der Waals surface area contributed by atoms with Crippen molar-refractivity contribution in [1.29, 1.82) is 0 Å². The first-order valence-corrected chi connectivity index (χ1v) is 12.3. The van der Waals surface area contributed by atoms with Crippen molar-refractivity contribution in [2.24, 2.45) is 5.92 Å². The summed E-state index contributed by atoms with van der Waals surface area (Å²) < 4.78 is 36.0. The zero-order valence-electron chi connectivity index (χ0n) is 18.5. The Kier molecular flexibility index (Phi) is 8.55. The lowest BCUT2D eigenvalue weighted by Gasteiger charge is -2.29. The summed E-state index contributed by atoms with van der Waals surface area (Å²) in [5, 5.41) is 12.7. The number of carbonyl (C=O) groups is 1. The quantitative estimate of drug-likeness (QED) is 0.282. The highest BCUT2D eigenvalue weighted by Gasteiger charge is 2.34. The minimum atomic E-state index is -3.39. The molecule has 1 unspecified atom stereocenters. The van der Waals surface area contributed by atoms with Crippen molar-refractivity contribution in [2.75, 3.05) is 31.5 Å². The lowest BCUT2D eigenvalue weighted by atomic mass is 10.1. The van der Waals surface area contributed by atoms with E-state index < -0.39 is 13.8 Å². The number of hydrogen-bond donors (Lipinski definition) is 2. The maximum atomic E-state index is 12.7. The normalized spacial score (nSPS) is 23.1. The number of imidazole rings is 1. The maximum absolute atomic E-state index is 12.7. The third-order valence-corrected chi connectivity index (χ3v) is 6.39. The molecule has 0 aromatic carbocycles. The number of anilines is 1. The van der Waals surface area contributed by atoms with E-state index in [0.29, 0.717) is 36.6 Å². The molecule has 1 aliphatic heterocycles. The van der Waals surface area contributed by atoms with Gasteiger partial charge in [0.25, 0.3) is 0 Å². The van der Waals surface area contributed by atoms with Crippen LogP contribution in [0.2, 0.25) is 0 Å². The molecule has 1 aliphatic rings. The number of rotatable bonds is 11. The van der Waals surface area contributed by atoms with Crippen LogP contribution in [0.1, 0.15) is 33.6 Å². The lowest BCUT2D eigenvalue weighted by Crippen LogP contribution is -2.26. The van der Waals surface area contributed by atoms with Gasteiger partial charge in [-0.05, 0) is 20.3 Å². The molecule has 0 saturated carbocycles. The number of hydrogen-bond acceptors (Lipinski definition) is 11. The van der Waals surface area contributed by atoms with Gasteiger partial charge in [-0.3, -0.25) is 9.36 Å². The Bertz CT molecular complexity index is 943. The Balaban J connectivity index is 1.51. The Morgan fingerprint density at radius 2 is 2.09 bits per heavy atom. The van der Waals surface area contributed by atoms with Gasteiger partial charge in [-0.2, -0.15) is 0 Å². The van der Waals surface area contributed by atoms with Gasteiger partial charge in [0.05, 0.1) is 45.2 Å². The molecule has 2 aromatic rings. The van der Waals surface area contributed by atoms with E-state index in [0.717, 1.165) is 0 Å². The van der Waals surface area contributed by atoms with E-state index >= 15 is 0 Å². The fraction of sp³-hybridized carbons (Fsp3) is 0.684. The molecule has 0 spiro atoms. The summed E-state index contributed by atoms with van der Waals surface area (Å²) in [5.74, 6) is -0.0766. The van der Waals surface area contributed by atoms with Crippen LogP contribution in [0.25, 0.3) is 11.2 Å². The molecule has 0 amide bonds. The molecule has 1 fully saturated rings. The van der Waals surface area contributed by atoms with Gasteiger partial charge >= 0.3 is 13.6 Å². The van der Waals surface area contributed by atoms with Gasteiger partial charge in [0.15, 0.2) is 11.5 Å². The SMILES string of the molecule is CCOC(=O)CC1COP(=O)(CO[C@H](C)Cn2cnc3c(NC(O)CC)ncnc32)OC1. The topological polar surface area (TPSA) is 147 Å². The summed E-state index contributed by atoms with van der Waals surface area (Å²) in [6, 6.07) is 0. The third-order valence-electron chi connectivity index (χ3n) is 4.84. The predicted molar refractivity (Wildman–Crippen MR) is 115 cm³/mol. The zero-order valence-corrected chi connectivity index (χ0v) is 19.4. The summed E-state index contributed by atoms with van der Waals surface area (Å²) >= 11 is 0. The van der Waals surface area contributed by atoms with Crippen LogP contribution in [0.3, 0.4) is 0 Å². The van der Waals surface area contributed by atoms with Gasteiger partial charge in [-0.25, -0.2) is 15.0 Å². The van der Waals surface area contributed by atoms with Crippen molar-refractivity contribution in [3.8, 4) is 0 Å². The van der Waals surface area contributed by atoms with Crippen LogP contribution in [0.4, 0.5) is 5.82 Å². The van der Waals surface area contributed by atoms with E-state index in [4.69, 9.17) is 18.5 Å². The lowest BCUT2D eigenvalue weighted by molar-refractivity contribution is -0.145. The number of nitrogens with zero attached hydrogens (tertiary/aromatic N) is 4. The molecule has 2 atom stereocenters. The monoisotopic (exact) mass is 471 g/mol. The third kappa shape index (κ3) is 6.46. The van der Waals surface area contributed by atoms with Gasteiger partial charge in [-0.15, -0.1) is 0 Å². The molecule has 2 aromatic heterocycles. The number of aliphatic hydroxyl groups is 1. The number of aliphatic hydroxyl groups excluding tert-OH is 1. The minimum Gasteiger partial charge on any atom is -0.466 e. The number of esters is 1. The van der Waals surface area contributed by atoms with Crippen LogP contribution in [0.15, 0.2) is 12.7 Å². The van der Waals surface area contributed by atoms with Crippen molar-refractivity contribution < 1.29 is 33.0 Å². The molecule has 3 rings (SSSR count). The molecule has 3 heterocycles. The highest BCUT2D eigenvalue weighted by atomic mass is 31.2. The first-order valence-electron chi connectivity index (χ1n) is 10.6. The van der Waals surface area contributed by atoms with Crippen molar-refractivity contribution in [3.63, 3.8) is 0 Å². The fourth-order valence-electron chi connectivity index (χ4n) is 3.10. The summed E-state index contributed by atoms with van der Waals surface area (Å²) in [6.07, 6.45) is 2.42. The van der Waals surface area contributed by atoms with E-state index in [9.17, 15) is 14.5 Å². The summed E-state index contributed by atoms with van der Waals surface area (Å²) in [5.41, 5.74) is 1.12. The summed E-state index contributed by atoms with van der Waals surface area (Å²) in [4.78, 5) is 24.3. The minimum absolute atomic E-state index is 0.149. The number of ether oxygens (including phenoxy) is 2. The second-order valence-electron chi connectivity index (χ2n) is 7.54. The number of carbonyl (C=O) groups excluding carboxylic acids is 1. The molecule has 2 N–H and O–H groups in total. The number of nitrogens with one attached hydrogen (secondary N) is 1. The van der Waals surface area contributed by atoms with Gasteiger partial charge in [-0.1, -0.05) is 6.92 Å². The molecule has 178 valence electrons. The van der Waals surface area contributed by atoms with Gasteiger partial charge < -0.3 is 33.5 Å². The second-order valence-corrected chi connectivity index (χ2v) is 9.54. The van der Waals surface area contributed by atoms with Crippen LogP contribution in [-0.4, -0.2) is 69.1 Å². The molecule has 0 radical (unpaired) electrons. The molecule has 0 bridgehead atoms. The number of fused-ring (bicyclic) bond motifs is 1. The Hall–Kier alpha value is -2.11. The van der Waals surface area contributed by atoms with E-state index in [1.165, 1.54) is 6.33 Å². The van der Waals surface area contributed by atoms with Gasteiger partial charge in [0.1, 0.15) is 24.4 Å².